The minimum atomic E-state index is -0.350. The number of hydrogen-bond acceptors (Lipinski definition) is 8. The summed E-state index contributed by atoms with van der Waals surface area (Å²) in [4.78, 5) is 12.7. The Balaban J connectivity index is 1.67. The van der Waals surface area contributed by atoms with Crippen molar-refractivity contribution in [1.29, 1.82) is 0 Å². The lowest BCUT2D eigenvalue weighted by molar-refractivity contribution is -0.115. The van der Waals surface area contributed by atoms with Gasteiger partial charge in [0.15, 0.2) is 5.16 Å². The maximum Gasteiger partial charge on any atom is 0.249 e. The van der Waals surface area contributed by atoms with Crippen LogP contribution in [0.15, 0.2) is 5.16 Å². The average molecular weight is 377 g/mol. The number of hydrazine groups is 1. The van der Waals surface area contributed by atoms with Gasteiger partial charge in [0.1, 0.15) is 11.2 Å². The van der Waals surface area contributed by atoms with Crippen LogP contribution in [0.5, 0.6) is 0 Å². The van der Waals surface area contributed by atoms with Crippen molar-refractivity contribution < 1.29 is 4.79 Å². The van der Waals surface area contributed by atoms with Gasteiger partial charge in [-0.3, -0.25) is 15.1 Å². The van der Waals surface area contributed by atoms with Gasteiger partial charge in [-0.05, 0) is 30.7 Å². The molecule has 0 spiro atoms. The number of nitrogens with two attached hydrogens (primary N) is 1. The standard InChI is InChI=1S/C15H19N7OS2/c1-7-2-3-8-9(4-7)25-13-11(8)12-17-6-18-22(12)14-19-20-15(21(13)14)24-5-10(16)23/h7,12,17-18H,2-6H2,1H3,(H2,16,23)/t7-,12?/m1/s1. The highest BCUT2D eigenvalue weighted by Gasteiger charge is 2.42. The van der Waals surface area contributed by atoms with Crippen LogP contribution < -0.4 is 21.5 Å². The van der Waals surface area contributed by atoms with E-state index in [1.807, 2.05) is 11.3 Å². The average Bonchev–Trinajstić information content (AvgIpc) is 3.27. The van der Waals surface area contributed by atoms with Crippen molar-refractivity contribution in [3.63, 3.8) is 0 Å². The van der Waals surface area contributed by atoms with Gasteiger partial charge in [0.05, 0.1) is 12.4 Å². The van der Waals surface area contributed by atoms with E-state index in [1.54, 1.807) is 0 Å². The number of carbonyl (C=O) groups excluding carboxylic acids is 1. The van der Waals surface area contributed by atoms with E-state index < -0.39 is 0 Å². The maximum absolute atomic E-state index is 11.2. The van der Waals surface area contributed by atoms with Gasteiger partial charge in [-0.15, -0.1) is 21.5 Å². The molecule has 0 saturated carbocycles. The molecule has 5 rings (SSSR count). The maximum atomic E-state index is 11.2. The van der Waals surface area contributed by atoms with Crippen LogP contribution in [0.4, 0.5) is 5.95 Å². The zero-order chi connectivity index (χ0) is 17.1. The predicted octanol–water partition coefficient (Wildman–Crippen LogP) is 0.915. The third kappa shape index (κ3) is 2.31. The minimum Gasteiger partial charge on any atom is -0.369 e. The van der Waals surface area contributed by atoms with Gasteiger partial charge in [0, 0.05) is 10.4 Å². The Labute approximate surface area is 153 Å². The summed E-state index contributed by atoms with van der Waals surface area (Å²) in [6, 6.07) is 0. The van der Waals surface area contributed by atoms with Gasteiger partial charge >= 0.3 is 0 Å². The Hall–Kier alpha value is -1.62. The van der Waals surface area contributed by atoms with Crippen molar-refractivity contribution in [2.24, 2.45) is 11.7 Å². The van der Waals surface area contributed by atoms with Gasteiger partial charge in [0.25, 0.3) is 0 Å². The minimum absolute atomic E-state index is 0.0918. The van der Waals surface area contributed by atoms with Gasteiger partial charge in [-0.25, -0.2) is 9.99 Å². The largest absolute Gasteiger partial charge is 0.369 e. The fraction of sp³-hybridized carbons (Fsp3) is 0.533. The number of amides is 1. The third-order valence-corrected chi connectivity index (χ3v) is 7.19. The Morgan fingerprint density at radius 2 is 2.36 bits per heavy atom. The van der Waals surface area contributed by atoms with Crippen molar-refractivity contribution in [2.45, 2.75) is 37.5 Å². The molecule has 1 amide bonds. The smallest absolute Gasteiger partial charge is 0.249 e. The van der Waals surface area contributed by atoms with Crippen LogP contribution in [0.2, 0.25) is 0 Å². The summed E-state index contributed by atoms with van der Waals surface area (Å²) in [6.07, 6.45) is 3.58. The van der Waals surface area contributed by atoms with Crippen LogP contribution in [-0.2, 0) is 17.6 Å². The fourth-order valence-electron chi connectivity index (χ4n) is 3.86. The highest BCUT2D eigenvalue weighted by Crippen LogP contribution is 2.48. The lowest BCUT2D eigenvalue weighted by atomic mass is 9.87. The van der Waals surface area contributed by atoms with Crippen molar-refractivity contribution in [3.05, 3.63) is 16.0 Å². The van der Waals surface area contributed by atoms with E-state index in [1.165, 1.54) is 39.2 Å². The first kappa shape index (κ1) is 15.6. The van der Waals surface area contributed by atoms with Gasteiger partial charge in [-0.2, -0.15) is 0 Å². The number of thiophene rings is 1. The van der Waals surface area contributed by atoms with Crippen LogP contribution in [0.1, 0.15) is 35.5 Å². The highest BCUT2D eigenvalue weighted by molar-refractivity contribution is 7.99. The molecule has 10 heteroatoms. The van der Waals surface area contributed by atoms with Crippen molar-refractivity contribution in [3.8, 4) is 5.00 Å². The summed E-state index contributed by atoms with van der Waals surface area (Å²) in [5.41, 5.74) is 11.5. The molecule has 2 aromatic heterocycles. The number of aromatic nitrogens is 3. The van der Waals surface area contributed by atoms with E-state index in [0.717, 1.165) is 24.7 Å². The lowest BCUT2D eigenvalue weighted by Crippen LogP contribution is -2.39. The molecule has 1 saturated heterocycles. The fourth-order valence-corrected chi connectivity index (χ4v) is 6.13. The second-order valence-electron chi connectivity index (χ2n) is 6.76. The number of hydrogen-bond donors (Lipinski definition) is 3. The van der Waals surface area contributed by atoms with Crippen molar-refractivity contribution in [1.82, 2.24) is 25.5 Å². The van der Waals surface area contributed by atoms with Crippen molar-refractivity contribution in [2.75, 3.05) is 17.4 Å². The Morgan fingerprint density at radius 1 is 1.48 bits per heavy atom. The molecule has 1 aliphatic carbocycles. The molecule has 2 aliphatic heterocycles. The van der Waals surface area contributed by atoms with Crippen molar-refractivity contribution >= 4 is 35.0 Å². The number of anilines is 1. The molecule has 0 radical (unpaired) electrons. The number of fused-ring (bicyclic) bond motifs is 8. The van der Waals surface area contributed by atoms with E-state index in [9.17, 15) is 4.79 Å². The molecule has 1 unspecified atom stereocenters. The molecule has 8 nitrogen and oxygen atoms in total. The molecule has 2 atom stereocenters. The topological polar surface area (TPSA) is 101 Å². The van der Waals surface area contributed by atoms with E-state index in [2.05, 4.69) is 37.4 Å². The molecule has 3 aliphatic rings. The summed E-state index contributed by atoms with van der Waals surface area (Å²) >= 11 is 3.19. The molecular formula is C15H19N7OS2. The van der Waals surface area contributed by atoms with E-state index in [-0.39, 0.29) is 17.8 Å². The second-order valence-corrected chi connectivity index (χ2v) is 8.78. The summed E-state index contributed by atoms with van der Waals surface area (Å²) < 4.78 is 2.08. The summed E-state index contributed by atoms with van der Waals surface area (Å²) in [5, 5.41) is 16.2. The second kappa shape index (κ2) is 5.70. The quantitative estimate of drug-likeness (QED) is 0.684. The van der Waals surface area contributed by atoms with Gasteiger partial charge in [0.2, 0.25) is 11.9 Å². The number of nitrogens with zero attached hydrogens (tertiary/aromatic N) is 4. The van der Waals surface area contributed by atoms with Crippen LogP contribution in [0.25, 0.3) is 5.00 Å². The molecule has 25 heavy (non-hydrogen) atoms. The first-order valence-corrected chi connectivity index (χ1v) is 10.2. The summed E-state index contributed by atoms with van der Waals surface area (Å²) in [5.74, 6) is 1.34. The van der Waals surface area contributed by atoms with E-state index in [4.69, 9.17) is 5.73 Å². The molecule has 4 N–H and O–H groups in total. The molecule has 1 fully saturated rings. The predicted molar refractivity (Wildman–Crippen MR) is 96.7 cm³/mol. The molecule has 2 aromatic rings. The number of thioether (sulfide) groups is 1. The number of nitrogens with one attached hydrogen (secondary N) is 2. The molecule has 4 heterocycles. The molecular weight excluding hydrogens is 358 g/mol. The Bertz CT molecular complexity index is 860. The highest BCUT2D eigenvalue weighted by atomic mass is 32.2. The van der Waals surface area contributed by atoms with Crippen LogP contribution in [0.3, 0.4) is 0 Å². The lowest BCUT2D eigenvalue weighted by Gasteiger charge is -2.31. The first-order chi connectivity index (χ1) is 12.1. The van der Waals surface area contributed by atoms with E-state index in [0.29, 0.717) is 11.8 Å². The first-order valence-electron chi connectivity index (χ1n) is 8.41. The van der Waals surface area contributed by atoms with Gasteiger partial charge < -0.3 is 5.73 Å². The summed E-state index contributed by atoms with van der Waals surface area (Å²) in [6.45, 7) is 3.02. The third-order valence-electron chi connectivity index (χ3n) is 4.99. The SMILES string of the molecule is C[C@@H]1CCc2c(sc3c2C2NCNN2c2nnc(SCC(N)=O)n2-3)C1. The summed E-state index contributed by atoms with van der Waals surface area (Å²) in [7, 11) is 0. The molecule has 0 aromatic carbocycles. The zero-order valence-corrected chi connectivity index (χ0v) is 15.4. The van der Waals surface area contributed by atoms with Crippen LogP contribution >= 0.6 is 23.1 Å². The number of primary amides is 1. The monoisotopic (exact) mass is 377 g/mol. The normalized spacial score (nSPS) is 23.8. The Kier molecular flexibility index (Phi) is 3.56. The van der Waals surface area contributed by atoms with E-state index >= 15 is 0 Å². The van der Waals surface area contributed by atoms with Crippen LogP contribution in [0, 0.1) is 5.92 Å². The Morgan fingerprint density at radius 3 is 3.20 bits per heavy atom. The zero-order valence-electron chi connectivity index (χ0n) is 13.8. The molecule has 0 bridgehead atoms. The van der Waals surface area contributed by atoms with Crippen LogP contribution in [-0.4, -0.2) is 33.1 Å². The number of rotatable bonds is 3. The van der Waals surface area contributed by atoms with Gasteiger partial charge in [-0.1, -0.05) is 18.7 Å². The molecule has 132 valence electrons. The number of carbonyl (C=O) groups is 1.